The molecule has 0 bridgehead atoms. The second-order valence-electron chi connectivity index (χ2n) is 19.7. The van der Waals surface area contributed by atoms with E-state index in [2.05, 4.69) is 183 Å². The maximum Gasteiger partial charge on any atom is -1.00 e. The number of halogens is 2. The molecule has 0 unspecified atom stereocenters. The Morgan fingerprint density at radius 2 is 1.00 bits per heavy atom. The van der Waals surface area contributed by atoms with Gasteiger partial charge in [0.1, 0.15) is 0 Å². The summed E-state index contributed by atoms with van der Waals surface area (Å²) < 4.78 is 5.09. The molecule has 0 heterocycles. The van der Waals surface area contributed by atoms with Crippen molar-refractivity contribution in [3.63, 3.8) is 0 Å². The van der Waals surface area contributed by atoms with Crippen molar-refractivity contribution in [1.29, 1.82) is 0 Å². The van der Waals surface area contributed by atoms with Gasteiger partial charge in [-0.15, -0.1) is 0 Å². The first kappa shape index (κ1) is 43.4. The van der Waals surface area contributed by atoms with E-state index in [0.29, 0.717) is 0 Å². The van der Waals surface area contributed by atoms with Gasteiger partial charge in [0.2, 0.25) is 0 Å². The van der Waals surface area contributed by atoms with E-state index in [-0.39, 0.29) is 46.5 Å². The Morgan fingerprint density at radius 3 is 1.42 bits per heavy atom. The van der Waals surface area contributed by atoms with Crippen molar-refractivity contribution in [2.24, 2.45) is 0 Å². The molecule has 0 amide bonds. The van der Waals surface area contributed by atoms with Crippen LogP contribution < -0.4 is 28.1 Å². The molecule has 6 rings (SSSR count). The largest absolute Gasteiger partial charge is 1.00 e. The van der Waals surface area contributed by atoms with Gasteiger partial charge in [-0.1, -0.05) is 0 Å². The van der Waals surface area contributed by atoms with Crippen molar-refractivity contribution in [3.8, 4) is 11.1 Å². The third kappa shape index (κ3) is 8.44. The number of aryl methyl sites for hydroxylation is 2. The summed E-state index contributed by atoms with van der Waals surface area (Å²) in [5.41, 5.74) is 19.3. The van der Waals surface area contributed by atoms with Crippen LogP contribution in [-0.4, -0.2) is 3.21 Å². The summed E-state index contributed by atoms with van der Waals surface area (Å²) in [7, 11) is 0. The molecular weight excluding hydrogens is 763 g/mol. The van der Waals surface area contributed by atoms with Crippen LogP contribution in [0.4, 0.5) is 0 Å². The van der Waals surface area contributed by atoms with Crippen molar-refractivity contribution < 1.29 is 46.1 Å². The zero-order valence-corrected chi connectivity index (χ0v) is 39.1. The van der Waals surface area contributed by atoms with Gasteiger partial charge >= 0.3 is 321 Å². The minimum Gasteiger partial charge on any atom is -1.00 e. The zero-order valence-electron chi connectivity index (χ0n) is 35.2. The van der Waals surface area contributed by atoms with Gasteiger partial charge in [0, 0.05) is 0 Å². The van der Waals surface area contributed by atoms with Gasteiger partial charge in [-0.05, 0) is 0 Å². The first-order chi connectivity index (χ1) is 23.6. The summed E-state index contributed by atoms with van der Waals surface area (Å²) >= 11 is -2.98. The topological polar surface area (TPSA) is 0 Å². The molecule has 0 saturated carbocycles. The van der Waals surface area contributed by atoms with Gasteiger partial charge < -0.3 is 24.8 Å². The monoisotopic (exact) mass is 822 g/mol. The van der Waals surface area contributed by atoms with E-state index in [1.807, 2.05) is 0 Å². The fourth-order valence-corrected chi connectivity index (χ4v) is 18.0. The van der Waals surface area contributed by atoms with Gasteiger partial charge in [0.15, 0.2) is 0 Å². The molecule has 0 atom stereocenters. The fourth-order valence-electron chi connectivity index (χ4n) is 8.50. The number of benzene rings is 4. The molecule has 53 heavy (non-hydrogen) atoms. The maximum absolute atomic E-state index is 2.98. The number of allylic oxidation sites excluding steroid dienone is 4. The maximum atomic E-state index is 2.65. The van der Waals surface area contributed by atoms with Gasteiger partial charge in [-0.2, -0.15) is 0 Å². The summed E-state index contributed by atoms with van der Waals surface area (Å²) in [4.78, 5) is 0. The number of hydrogen-bond donors (Lipinski definition) is 0. The summed E-state index contributed by atoms with van der Waals surface area (Å²) in [6, 6.07) is 26.9. The van der Waals surface area contributed by atoms with E-state index in [0.717, 1.165) is 12.8 Å². The average molecular weight is 825 g/mol. The SMILES string of the molecule is CC1=[C]([Zr+2](=[C](c2ccc(C)cc2)c2ccc(C)cc2)[c]2c3c(cc(C(C)(C)C)c2C(C)(C)C)-c2cc(C(C)(C)C)c(C(C)(C)C)cc2C3)CC=C1.[Cl-].[Cl-]. The van der Waals surface area contributed by atoms with E-state index in [1.54, 1.807) is 20.9 Å². The van der Waals surface area contributed by atoms with E-state index < -0.39 is 21.3 Å². The molecule has 2 aliphatic carbocycles. The van der Waals surface area contributed by atoms with Crippen LogP contribution >= 0.6 is 0 Å². The molecule has 4 aromatic carbocycles. The zero-order chi connectivity index (χ0) is 37.4. The molecule has 0 aliphatic heterocycles. The molecule has 0 spiro atoms. The molecule has 2 aliphatic rings. The van der Waals surface area contributed by atoms with E-state index in [1.165, 1.54) is 61.2 Å². The molecule has 0 fully saturated rings. The molecule has 0 aromatic heterocycles. The van der Waals surface area contributed by atoms with Crippen LogP contribution in [-0.2, 0) is 49.3 Å². The van der Waals surface area contributed by atoms with Crippen LogP contribution in [0.2, 0.25) is 0 Å². The quantitative estimate of drug-likeness (QED) is 0.187. The van der Waals surface area contributed by atoms with Crippen LogP contribution in [0.5, 0.6) is 0 Å². The molecule has 0 N–H and O–H groups in total. The Labute approximate surface area is 343 Å². The van der Waals surface area contributed by atoms with E-state index in [4.69, 9.17) is 0 Å². The molecule has 0 radical (unpaired) electrons. The number of fused-ring (bicyclic) bond motifs is 3. The Balaban J connectivity index is 0.00000314. The Bertz CT molecular complexity index is 2060. The molecule has 0 saturated heterocycles. The van der Waals surface area contributed by atoms with Crippen molar-refractivity contribution in [3.05, 3.63) is 143 Å². The number of rotatable bonds is 4. The number of hydrogen-bond acceptors (Lipinski definition) is 0. The third-order valence-corrected chi connectivity index (χ3v) is 19.3. The standard InChI is InChI=1S/C29H41.C15H14.C6H7.2ClH.Zr/c1-26(2,3)22-14-18-13-19-15-23(27(4,5)6)25(29(10,11)12)17-21(19)20(18)16-24(22)28(7,8)9;1-12-3-7-14(8-4-12)11-15-9-5-13(2)6-10-15;1-6-4-2-3-5-6;;;/h14,16-17H,13H2,1-12H3;3-10H,1-2H3;2,4H,3H2,1H3;2*1H;/q;;;;;+2/p-2. The second-order valence-corrected chi connectivity index (χ2v) is 25.5. The predicted octanol–water partition coefficient (Wildman–Crippen LogP) is 6.82. The first-order valence-corrected chi connectivity index (χ1v) is 22.9. The Hall–Kier alpha value is -2.31. The van der Waals surface area contributed by atoms with Crippen molar-refractivity contribution in [2.45, 2.75) is 138 Å². The van der Waals surface area contributed by atoms with Crippen LogP contribution in [0, 0.1) is 13.8 Å². The minimum absolute atomic E-state index is 0. The fraction of sp³-hybridized carbons (Fsp3) is 0.420. The van der Waals surface area contributed by atoms with E-state index in [9.17, 15) is 0 Å². The van der Waals surface area contributed by atoms with Crippen molar-refractivity contribution in [1.82, 2.24) is 0 Å². The van der Waals surface area contributed by atoms with Gasteiger partial charge in [-0.25, -0.2) is 0 Å². The summed E-state index contributed by atoms with van der Waals surface area (Å²) in [5.74, 6) is 0. The minimum atomic E-state index is -2.98. The molecule has 3 heteroatoms. The summed E-state index contributed by atoms with van der Waals surface area (Å²) in [6.45, 7) is 36.0. The molecule has 0 nitrogen and oxygen atoms in total. The van der Waals surface area contributed by atoms with Crippen molar-refractivity contribution >= 4 is 6.48 Å². The van der Waals surface area contributed by atoms with Crippen LogP contribution in [0.1, 0.15) is 152 Å². The molecule has 280 valence electrons. The third-order valence-electron chi connectivity index (χ3n) is 11.2. The van der Waals surface area contributed by atoms with Crippen LogP contribution in [0.3, 0.4) is 0 Å². The first-order valence-electron chi connectivity index (χ1n) is 19.2. The normalized spacial score (nSPS) is 13.9. The van der Waals surface area contributed by atoms with Crippen LogP contribution in [0.25, 0.3) is 11.1 Å². The predicted molar refractivity (Wildman–Crippen MR) is 221 cm³/mol. The van der Waals surface area contributed by atoms with Gasteiger partial charge in [-0.3, -0.25) is 0 Å². The van der Waals surface area contributed by atoms with Gasteiger partial charge in [0.05, 0.1) is 0 Å². The molecule has 4 aromatic rings. The van der Waals surface area contributed by atoms with Crippen LogP contribution in [0.15, 0.2) is 87.7 Å². The summed E-state index contributed by atoms with van der Waals surface area (Å²) in [5, 5.41) is 0. The average Bonchev–Trinajstić information content (AvgIpc) is 3.60. The van der Waals surface area contributed by atoms with Crippen molar-refractivity contribution in [2.75, 3.05) is 0 Å². The Morgan fingerprint density at radius 1 is 0.547 bits per heavy atom. The smallest absolute Gasteiger partial charge is 1.00 e. The Kier molecular flexibility index (Phi) is 12.6. The second kappa shape index (κ2) is 15.3. The van der Waals surface area contributed by atoms with Gasteiger partial charge in [0.25, 0.3) is 0 Å². The summed E-state index contributed by atoms with van der Waals surface area (Å²) in [6.07, 6.45) is 6.94. The molecular formula is C50H62Cl2Zr. The van der Waals surface area contributed by atoms with E-state index >= 15 is 0 Å².